The van der Waals surface area contributed by atoms with E-state index in [1.54, 1.807) is 12.1 Å². The van der Waals surface area contributed by atoms with Crippen molar-refractivity contribution in [3.8, 4) is 6.07 Å². The number of carbonyl (C=O) groups is 1. The van der Waals surface area contributed by atoms with Gasteiger partial charge < -0.3 is 10.8 Å². The maximum atomic E-state index is 10.6. The topological polar surface area (TPSA) is 117 Å². The van der Waals surface area contributed by atoms with Crippen molar-refractivity contribution in [2.75, 3.05) is 0 Å². The molecule has 17 heavy (non-hydrogen) atoms. The van der Waals surface area contributed by atoms with Crippen molar-refractivity contribution in [3.63, 3.8) is 0 Å². The SMILES string of the molecule is N#Cc1cn2nc(CC(N)C(=O)O)ccc2n1. The molecule has 0 saturated carbocycles. The van der Waals surface area contributed by atoms with Gasteiger partial charge in [-0.3, -0.25) is 4.79 Å². The van der Waals surface area contributed by atoms with Gasteiger partial charge in [-0.15, -0.1) is 0 Å². The average Bonchev–Trinajstić information content (AvgIpc) is 2.70. The molecule has 0 aliphatic heterocycles. The standard InChI is InChI=1S/C10H9N5O2/c11-4-7-5-15-9(13-7)2-1-6(14-15)3-8(12)10(16)17/h1-2,5,8H,3,12H2,(H,16,17). The molecule has 2 rings (SSSR count). The minimum absolute atomic E-state index is 0.130. The van der Waals surface area contributed by atoms with Gasteiger partial charge in [0.2, 0.25) is 0 Å². The van der Waals surface area contributed by atoms with Crippen LogP contribution in [0, 0.1) is 11.3 Å². The summed E-state index contributed by atoms with van der Waals surface area (Å²) in [6.45, 7) is 0. The molecule has 1 unspecified atom stereocenters. The van der Waals surface area contributed by atoms with E-state index in [9.17, 15) is 4.79 Å². The van der Waals surface area contributed by atoms with E-state index in [0.29, 0.717) is 11.3 Å². The number of carboxylic acids is 1. The fourth-order valence-corrected chi connectivity index (χ4v) is 1.40. The summed E-state index contributed by atoms with van der Waals surface area (Å²) < 4.78 is 1.43. The van der Waals surface area contributed by atoms with Gasteiger partial charge in [0, 0.05) is 6.42 Å². The van der Waals surface area contributed by atoms with Crippen molar-refractivity contribution in [2.24, 2.45) is 5.73 Å². The molecule has 3 N–H and O–H groups in total. The summed E-state index contributed by atoms with van der Waals surface area (Å²) in [7, 11) is 0. The number of nitriles is 1. The van der Waals surface area contributed by atoms with Crippen molar-refractivity contribution < 1.29 is 9.90 Å². The second-order valence-corrected chi connectivity index (χ2v) is 3.51. The highest BCUT2D eigenvalue weighted by Gasteiger charge is 2.13. The molecule has 2 heterocycles. The molecule has 0 radical (unpaired) electrons. The lowest BCUT2D eigenvalue weighted by molar-refractivity contribution is -0.138. The number of aliphatic carboxylic acids is 1. The summed E-state index contributed by atoms with van der Waals surface area (Å²) in [6.07, 6.45) is 1.61. The van der Waals surface area contributed by atoms with Crippen LogP contribution in [-0.4, -0.2) is 31.7 Å². The van der Waals surface area contributed by atoms with Gasteiger partial charge in [-0.1, -0.05) is 0 Å². The number of hydrogen-bond acceptors (Lipinski definition) is 5. The Hall–Kier alpha value is -2.46. The van der Waals surface area contributed by atoms with Gasteiger partial charge >= 0.3 is 5.97 Å². The maximum absolute atomic E-state index is 10.6. The molecule has 0 aliphatic rings. The molecule has 0 fully saturated rings. The molecular formula is C10H9N5O2. The molecule has 7 heteroatoms. The van der Waals surface area contributed by atoms with Gasteiger partial charge in [-0.25, -0.2) is 9.50 Å². The molecular weight excluding hydrogens is 222 g/mol. The van der Waals surface area contributed by atoms with E-state index in [4.69, 9.17) is 16.1 Å². The first kappa shape index (κ1) is 11.0. The largest absolute Gasteiger partial charge is 0.480 e. The van der Waals surface area contributed by atoms with Crippen LogP contribution in [0.3, 0.4) is 0 Å². The molecule has 0 amide bonds. The monoisotopic (exact) mass is 231 g/mol. The Morgan fingerprint density at radius 1 is 1.65 bits per heavy atom. The Labute approximate surface area is 96.1 Å². The zero-order valence-corrected chi connectivity index (χ0v) is 8.74. The predicted octanol–water partition coefficient (Wildman–Crippen LogP) is -0.445. The summed E-state index contributed by atoms with van der Waals surface area (Å²) >= 11 is 0. The van der Waals surface area contributed by atoms with E-state index in [2.05, 4.69) is 10.1 Å². The van der Waals surface area contributed by atoms with Crippen LogP contribution in [0.4, 0.5) is 0 Å². The highest BCUT2D eigenvalue weighted by molar-refractivity contribution is 5.73. The third-order valence-corrected chi connectivity index (χ3v) is 2.24. The highest BCUT2D eigenvalue weighted by atomic mass is 16.4. The first-order valence-electron chi connectivity index (χ1n) is 4.84. The van der Waals surface area contributed by atoms with Crippen LogP contribution in [0.1, 0.15) is 11.4 Å². The first-order valence-corrected chi connectivity index (χ1v) is 4.84. The number of nitrogens with zero attached hydrogens (tertiary/aromatic N) is 4. The van der Waals surface area contributed by atoms with Crippen LogP contribution in [0.25, 0.3) is 5.65 Å². The number of carboxylic acid groups (broad SMARTS) is 1. The number of nitrogens with two attached hydrogens (primary N) is 1. The predicted molar refractivity (Wildman–Crippen MR) is 57.0 cm³/mol. The molecule has 0 spiro atoms. The van der Waals surface area contributed by atoms with E-state index < -0.39 is 12.0 Å². The first-order chi connectivity index (χ1) is 8.10. The Bertz CT molecular complexity index is 613. The van der Waals surface area contributed by atoms with E-state index in [0.717, 1.165) is 0 Å². The molecule has 2 aromatic heterocycles. The van der Waals surface area contributed by atoms with E-state index >= 15 is 0 Å². The zero-order valence-electron chi connectivity index (χ0n) is 8.74. The van der Waals surface area contributed by atoms with Gasteiger partial charge in [-0.2, -0.15) is 10.4 Å². The van der Waals surface area contributed by atoms with Crippen molar-refractivity contribution in [3.05, 3.63) is 29.7 Å². The van der Waals surface area contributed by atoms with Crippen LogP contribution in [0.5, 0.6) is 0 Å². The van der Waals surface area contributed by atoms with E-state index in [1.165, 1.54) is 10.7 Å². The molecule has 0 bridgehead atoms. The van der Waals surface area contributed by atoms with Crippen molar-refractivity contribution >= 4 is 11.6 Å². The summed E-state index contributed by atoms with van der Waals surface area (Å²) in [5.41, 5.74) is 6.74. The van der Waals surface area contributed by atoms with Crippen molar-refractivity contribution in [1.82, 2.24) is 14.6 Å². The molecule has 86 valence electrons. The van der Waals surface area contributed by atoms with E-state index in [-0.39, 0.29) is 12.1 Å². The lowest BCUT2D eigenvalue weighted by Gasteiger charge is -2.05. The summed E-state index contributed by atoms with van der Waals surface area (Å²) in [6, 6.07) is 4.23. The molecule has 0 aliphatic carbocycles. The second kappa shape index (κ2) is 4.19. The number of fused-ring (bicyclic) bond motifs is 1. The molecule has 1 atom stereocenters. The zero-order chi connectivity index (χ0) is 12.4. The third kappa shape index (κ3) is 2.21. The Morgan fingerprint density at radius 3 is 3.06 bits per heavy atom. The molecule has 7 nitrogen and oxygen atoms in total. The van der Waals surface area contributed by atoms with Crippen LogP contribution >= 0.6 is 0 Å². The summed E-state index contributed by atoms with van der Waals surface area (Å²) in [5, 5.41) is 21.5. The normalized spacial score (nSPS) is 12.2. The Balaban J connectivity index is 2.31. The Kier molecular flexibility index (Phi) is 2.72. The molecule has 2 aromatic rings. The third-order valence-electron chi connectivity index (χ3n) is 2.24. The highest BCUT2D eigenvalue weighted by Crippen LogP contribution is 2.05. The second-order valence-electron chi connectivity index (χ2n) is 3.51. The minimum atomic E-state index is -1.07. The van der Waals surface area contributed by atoms with Crippen LogP contribution in [0.2, 0.25) is 0 Å². The Morgan fingerprint density at radius 2 is 2.41 bits per heavy atom. The maximum Gasteiger partial charge on any atom is 0.320 e. The van der Waals surface area contributed by atoms with Crippen molar-refractivity contribution in [1.29, 1.82) is 5.26 Å². The number of imidazole rings is 1. The molecule has 0 saturated heterocycles. The summed E-state index contributed by atoms with van der Waals surface area (Å²) in [5.74, 6) is -1.07. The smallest absolute Gasteiger partial charge is 0.320 e. The van der Waals surface area contributed by atoms with Gasteiger partial charge in [-0.05, 0) is 12.1 Å². The van der Waals surface area contributed by atoms with Crippen molar-refractivity contribution in [2.45, 2.75) is 12.5 Å². The quantitative estimate of drug-likeness (QED) is 0.739. The summed E-state index contributed by atoms with van der Waals surface area (Å²) in [4.78, 5) is 14.6. The average molecular weight is 231 g/mol. The van der Waals surface area contributed by atoms with Gasteiger partial charge in [0.1, 0.15) is 12.1 Å². The van der Waals surface area contributed by atoms with E-state index in [1.807, 2.05) is 6.07 Å². The lowest BCUT2D eigenvalue weighted by Crippen LogP contribution is -2.32. The van der Waals surface area contributed by atoms with Crippen LogP contribution in [-0.2, 0) is 11.2 Å². The van der Waals surface area contributed by atoms with Crippen LogP contribution < -0.4 is 5.73 Å². The van der Waals surface area contributed by atoms with Gasteiger partial charge in [0.15, 0.2) is 11.3 Å². The number of rotatable bonds is 3. The fraction of sp³-hybridized carbons (Fsp3) is 0.200. The fourth-order valence-electron chi connectivity index (χ4n) is 1.40. The molecule has 0 aromatic carbocycles. The number of hydrogen-bond donors (Lipinski definition) is 2. The minimum Gasteiger partial charge on any atom is -0.480 e. The number of aromatic nitrogens is 3. The lowest BCUT2D eigenvalue weighted by atomic mass is 10.1. The van der Waals surface area contributed by atoms with Crippen LogP contribution in [0.15, 0.2) is 18.3 Å². The van der Waals surface area contributed by atoms with Gasteiger partial charge in [0.05, 0.1) is 11.9 Å². The van der Waals surface area contributed by atoms with Gasteiger partial charge in [0.25, 0.3) is 0 Å².